The number of carbonyl (C=O) groups excluding carboxylic acids is 1. The summed E-state index contributed by atoms with van der Waals surface area (Å²) in [5.74, 6) is 0.572. The van der Waals surface area contributed by atoms with Gasteiger partial charge in [0.2, 0.25) is 0 Å². The van der Waals surface area contributed by atoms with Gasteiger partial charge in [0.05, 0.1) is 12.7 Å². The molecule has 0 aliphatic carbocycles. The summed E-state index contributed by atoms with van der Waals surface area (Å²) in [4.78, 5) is 11.1. The molecule has 0 aromatic carbocycles. The average Bonchev–Trinajstić information content (AvgIpc) is 2.34. The van der Waals surface area contributed by atoms with Crippen LogP contribution in [-0.4, -0.2) is 49.2 Å². The molecular formula is C13H27NO4S2. The summed E-state index contributed by atoms with van der Waals surface area (Å²) in [6, 6.07) is 0. The SMILES string of the molecule is CCNCC(C)(C)SSCOCCOC(=O)OC(C)C. The summed E-state index contributed by atoms with van der Waals surface area (Å²) in [5, 5.41) is 3.33. The van der Waals surface area contributed by atoms with Crippen molar-refractivity contribution in [2.75, 3.05) is 32.2 Å². The van der Waals surface area contributed by atoms with Crippen LogP contribution in [0.1, 0.15) is 34.6 Å². The molecule has 0 aliphatic heterocycles. The number of carbonyl (C=O) groups is 1. The predicted molar refractivity (Wildman–Crippen MR) is 86.2 cm³/mol. The molecule has 0 rings (SSSR count). The number of hydrogen-bond donors (Lipinski definition) is 1. The standard InChI is InChI=1S/C13H27NO4S2/c1-6-14-9-13(4,5)20-19-10-16-7-8-17-12(15)18-11(2)3/h11,14H,6-10H2,1-5H3. The first kappa shape index (κ1) is 19.9. The van der Waals surface area contributed by atoms with E-state index in [9.17, 15) is 4.79 Å². The van der Waals surface area contributed by atoms with Crippen LogP contribution in [0.25, 0.3) is 0 Å². The largest absolute Gasteiger partial charge is 0.508 e. The Balaban J connectivity index is 3.42. The Labute approximate surface area is 130 Å². The van der Waals surface area contributed by atoms with Crippen LogP contribution < -0.4 is 5.32 Å². The molecule has 0 saturated carbocycles. The molecule has 1 N–H and O–H groups in total. The molecule has 0 unspecified atom stereocenters. The van der Waals surface area contributed by atoms with E-state index in [1.165, 1.54) is 0 Å². The van der Waals surface area contributed by atoms with Crippen LogP contribution in [-0.2, 0) is 14.2 Å². The topological polar surface area (TPSA) is 56.8 Å². The van der Waals surface area contributed by atoms with Gasteiger partial charge >= 0.3 is 6.16 Å². The van der Waals surface area contributed by atoms with Gasteiger partial charge < -0.3 is 19.5 Å². The van der Waals surface area contributed by atoms with Crippen LogP contribution in [0.2, 0.25) is 0 Å². The van der Waals surface area contributed by atoms with Crippen molar-refractivity contribution >= 4 is 27.7 Å². The second kappa shape index (κ2) is 11.5. The Morgan fingerprint density at radius 2 is 2.00 bits per heavy atom. The van der Waals surface area contributed by atoms with Crippen molar-refractivity contribution in [3.05, 3.63) is 0 Å². The molecule has 0 fully saturated rings. The van der Waals surface area contributed by atoms with E-state index in [1.807, 2.05) is 0 Å². The monoisotopic (exact) mass is 325 g/mol. The van der Waals surface area contributed by atoms with E-state index in [4.69, 9.17) is 14.2 Å². The normalized spacial score (nSPS) is 11.7. The number of nitrogens with one attached hydrogen (secondary N) is 1. The van der Waals surface area contributed by atoms with Gasteiger partial charge in [-0.05, 0) is 34.2 Å². The van der Waals surface area contributed by atoms with Crippen molar-refractivity contribution in [2.45, 2.75) is 45.5 Å². The van der Waals surface area contributed by atoms with Crippen molar-refractivity contribution in [1.29, 1.82) is 0 Å². The van der Waals surface area contributed by atoms with E-state index in [0.29, 0.717) is 12.5 Å². The smallest absolute Gasteiger partial charge is 0.432 e. The van der Waals surface area contributed by atoms with E-state index in [0.717, 1.165) is 13.1 Å². The summed E-state index contributed by atoms with van der Waals surface area (Å²) < 4.78 is 15.2. The molecule has 0 saturated heterocycles. The minimum atomic E-state index is -0.641. The third-order valence-corrected chi connectivity index (χ3v) is 4.97. The first-order valence-corrected chi connectivity index (χ1v) is 9.11. The number of rotatable bonds is 11. The van der Waals surface area contributed by atoms with Gasteiger partial charge in [0.15, 0.2) is 0 Å². The molecule has 0 spiro atoms. The summed E-state index contributed by atoms with van der Waals surface area (Å²) in [7, 11) is 3.45. The minimum Gasteiger partial charge on any atom is -0.432 e. The van der Waals surface area contributed by atoms with Crippen molar-refractivity contribution in [2.24, 2.45) is 0 Å². The molecule has 20 heavy (non-hydrogen) atoms. The first-order valence-electron chi connectivity index (χ1n) is 6.80. The summed E-state index contributed by atoms with van der Waals surface area (Å²) in [6.45, 7) is 12.6. The Bertz CT molecular complexity index is 263. The van der Waals surface area contributed by atoms with E-state index in [-0.39, 0.29) is 17.5 Å². The van der Waals surface area contributed by atoms with Crippen LogP contribution in [0.15, 0.2) is 0 Å². The van der Waals surface area contributed by atoms with Crippen molar-refractivity contribution in [1.82, 2.24) is 5.32 Å². The lowest BCUT2D eigenvalue weighted by atomic mass is 10.2. The summed E-state index contributed by atoms with van der Waals surface area (Å²) in [6.07, 6.45) is -0.799. The number of ether oxygens (including phenoxy) is 3. The van der Waals surface area contributed by atoms with Gasteiger partial charge in [-0.15, -0.1) is 0 Å². The molecule has 0 bridgehead atoms. The highest BCUT2D eigenvalue weighted by atomic mass is 33.1. The molecule has 0 radical (unpaired) electrons. The number of hydrogen-bond acceptors (Lipinski definition) is 7. The van der Waals surface area contributed by atoms with Crippen molar-refractivity contribution in [3.8, 4) is 0 Å². The molecule has 0 aromatic rings. The molecule has 7 heteroatoms. The Morgan fingerprint density at radius 3 is 2.60 bits per heavy atom. The maximum absolute atomic E-state index is 11.1. The zero-order valence-electron chi connectivity index (χ0n) is 13.1. The molecule has 5 nitrogen and oxygen atoms in total. The highest BCUT2D eigenvalue weighted by Crippen LogP contribution is 2.34. The fourth-order valence-electron chi connectivity index (χ4n) is 1.14. The highest BCUT2D eigenvalue weighted by Gasteiger charge is 2.17. The highest BCUT2D eigenvalue weighted by molar-refractivity contribution is 8.77. The quantitative estimate of drug-likeness (QED) is 0.271. The van der Waals surface area contributed by atoms with Crippen molar-refractivity contribution < 1.29 is 19.0 Å². The average molecular weight is 325 g/mol. The Hall–Kier alpha value is -0.110. The predicted octanol–water partition coefficient (Wildman–Crippen LogP) is 3.29. The lowest BCUT2D eigenvalue weighted by Gasteiger charge is -2.23. The second-order valence-corrected chi connectivity index (χ2v) is 7.98. The Kier molecular flexibility index (Phi) is 11.5. The summed E-state index contributed by atoms with van der Waals surface area (Å²) in [5.41, 5.74) is 0. The maximum atomic E-state index is 11.1. The lowest BCUT2D eigenvalue weighted by molar-refractivity contribution is 0.0188. The van der Waals surface area contributed by atoms with Gasteiger partial charge in [-0.2, -0.15) is 0 Å². The van der Waals surface area contributed by atoms with E-state index < -0.39 is 6.16 Å². The zero-order valence-corrected chi connectivity index (χ0v) is 14.7. The molecular weight excluding hydrogens is 298 g/mol. The summed E-state index contributed by atoms with van der Waals surface area (Å²) >= 11 is 0. The second-order valence-electron chi connectivity index (χ2n) is 5.03. The minimum absolute atomic E-state index is 0.158. The Morgan fingerprint density at radius 1 is 1.30 bits per heavy atom. The van der Waals surface area contributed by atoms with Gasteiger partial charge in [-0.3, -0.25) is 0 Å². The fourth-order valence-corrected chi connectivity index (χ4v) is 3.34. The van der Waals surface area contributed by atoms with E-state index >= 15 is 0 Å². The lowest BCUT2D eigenvalue weighted by Crippen LogP contribution is -2.31. The van der Waals surface area contributed by atoms with Crippen molar-refractivity contribution in [3.63, 3.8) is 0 Å². The van der Waals surface area contributed by atoms with Crippen LogP contribution in [0.3, 0.4) is 0 Å². The first-order chi connectivity index (χ1) is 9.37. The van der Waals surface area contributed by atoms with E-state index in [1.54, 1.807) is 35.4 Å². The third kappa shape index (κ3) is 12.9. The third-order valence-electron chi connectivity index (χ3n) is 2.00. The van der Waals surface area contributed by atoms with Gasteiger partial charge in [0, 0.05) is 11.3 Å². The van der Waals surface area contributed by atoms with Crippen LogP contribution in [0, 0.1) is 0 Å². The van der Waals surface area contributed by atoms with Gasteiger partial charge in [-0.1, -0.05) is 28.5 Å². The molecule has 120 valence electrons. The zero-order chi connectivity index (χ0) is 15.4. The van der Waals surface area contributed by atoms with Crippen LogP contribution in [0.5, 0.6) is 0 Å². The molecule has 0 aliphatic rings. The molecule has 0 amide bonds. The maximum Gasteiger partial charge on any atom is 0.508 e. The van der Waals surface area contributed by atoms with Gasteiger partial charge in [0.1, 0.15) is 12.5 Å². The molecule has 0 aromatic heterocycles. The van der Waals surface area contributed by atoms with Gasteiger partial charge in [-0.25, -0.2) is 4.79 Å². The van der Waals surface area contributed by atoms with E-state index in [2.05, 4.69) is 26.1 Å². The molecule has 0 atom stereocenters. The molecule has 0 heterocycles. The van der Waals surface area contributed by atoms with Gasteiger partial charge in [0.25, 0.3) is 0 Å². The van der Waals surface area contributed by atoms with Crippen LogP contribution >= 0.6 is 21.6 Å². The van der Waals surface area contributed by atoms with Crippen LogP contribution in [0.4, 0.5) is 4.79 Å². The fraction of sp³-hybridized carbons (Fsp3) is 0.923.